The highest BCUT2D eigenvalue weighted by Crippen LogP contribution is 2.23. The van der Waals surface area contributed by atoms with Gasteiger partial charge in [-0.15, -0.1) is 6.58 Å². The van der Waals surface area contributed by atoms with Crippen LogP contribution in [0.5, 0.6) is 5.75 Å². The number of halogens is 1. The van der Waals surface area contributed by atoms with Crippen LogP contribution in [0.25, 0.3) is 0 Å². The van der Waals surface area contributed by atoms with Crippen molar-refractivity contribution in [1.82, 2.24) is 4.90 Å². The first-order valence-electron chi connectivity index (χ1n) is 6.41. The van der Waals surface area contributed by atoms with Gasteiger partial charge in [-0.3, -0.25) is 0 Å². The Bertz CT molecular complexity index is 505. The molecule has 0 heterocycles. The monoisotopic (exact) mass is 329 g/mol. The third-order valence-electron chi connectivity index (χ3n) is 2.37. The van der Waals surface area contributed by atoms with Gasteiger partial charge in [0.2, 0.25) is 0 Å². The van der Waals surface area contributed by atoms with Crippen molar-refractivity contribution in [1.29, 1.82) is 0 Å². The second-order valence-electron chi connectivity index (χ2n) is 4.51. The van der Waals surface area contributed by atoms with E-state index in [2.05, 4.69) is 11.5 Å². The fourth-order valence-corrected chi connectivity index (χ4v) is 1.54. The maximum absolute atomic E-state index is 9.10. The van der Waals surface area contributed by atoms with Gasteiger partial charge in [-0.25, -0.2) is 9.59 Å². The SMILES string of the molecule is C=CCc1cc(Cl)ccc1OCCN(C)C.O=C(O)C(=O)O. The lowest BCUT2D eigenvalue weighted by molar-refractivity contribution is -0.159. The summed E-state index contributed by atoms with van der Waals surface area (Å²) in [5.74, 6) is -2.75. The van der Waals surface area contributed by atoms with E-state index in [0.29, 0.717) is 6.61 Å². The second kappa shape index (κ2) is 10.6. The van der Waals surface area contributed by atoms with Crippen LogP contribution in [0.1, 0.15) is 5.56 Å². The number of likely N-dealkylation sites (N-methyl/N-ethyl adjacent to an activating group) is 1. The molecule has 0 aliphatic rings. The molecule has 1 rings (SSSR count). The largest absolute Gasteiger partial charge is 0.492 e. The molecule has 0 spiro atoms. The van der Waals surface area contributed by atoms with E-state index in [0.717, 1.165) is 29.3 Å². The third kappa shape index (κ3) is 8.99. The maximum atomic E-state index is 9.10. The number of nitrogens with zero attached hydrogens (tertiary/aromatic N) is 1. The Morgan fingerprint density at radius 1 is 1.32 bits per heavy atom. The number of rotatable bonds is 6. The van der Waals surface area contributed by atoms with Crippen LogP contribution in [-0.4, -0.2) is 54.3 Å². The highest BCUT2D eigenvalue weighted by molar-refractivity contribution is 6.30. The summed E-state index contributed by atoms with van der Waals surface area (Å²) in [6, 6.07) is 5.68. The molecule has 0 aliphatic carbocycles. The molecular weight excluding hydrogens is 310 g/mol. The van der Waals surface area contributed by atoms with E-state index in [1.165, 1.54) is 0 Å². The molecule has 0 fully saturated rings. The van der Waals surface area contributed by atoms with Crippen molar-refractivity contribution in [3.05, 3.63) is 41.4 Å². The highest BCUT2D eigenvalue weighted by Gasteiger charge is 2.04. The first-order chi connectivity index (χ1) is 10.3. The van der Waals surface area contributed by atoms with Gasteiger partial charge in [0.15, 0.2) is 0 Å². The number of hydrogen-bond acceptors (Lipinski definition) is 4. The Labute approximate surface area is 134 Å². The molecule has 22 heavy (non-hydrogen) atoms. The van der Waals surface area contributed by atoms with Gasteiger partial charge in [0, 0.05) is 11.6 Å². The van der Waals surface area contributed by atoms with Crippen LogP contribution in [0.2, 0.25) is 5.02 Å². The molecule has 0 amide bonds. The fourth-order valence-electron chi connectivity index (χ4n) is 1.34. The number of carboxylic acids is 2. The van der Waals surface area contributed by atoms with E-state index in [9.17, 15) is 0 Å². The average molecular weight is 330 g/mol. The van der Waals surface area contributed by atoms with Crippen LogP contribution < -0.4 is 4.74 Å². The van der Waals surface area contributed by atoms with Crippen LogP contribution in [0.4, 0.5) is 0 Å². The number of allylic oxidation sites excluding steroid dienone is 1. The zero-order valence-corrected chi connectivity index (χ0v) is 13.3. The van der Waals surface area contributed by atoms with Crippen molar-refractivity contribution in [2.75, 3.05) is 27.2 Å². The summed E-state index contributed by atoms with van der Waals surface area (Å²) in [7, 11) is 4.05. The van der Waals surface area contributed by atoms with Crippen molar-refractivity contribution in [2.45, 2.75) is 6.42 Å². The minimum absolute atomic E-state index is 0.679. The van der Waals surface area contributed by atoms with Gasteiger partial charge in [0.25, 0.3) is 0 Å². The number of carbonyl (C=O) groups is 2. The summed E-state index contributed by atoms with van der Waals surface area (Å²) < 4.78 is 5.71. The smallest absolute Gasteiger partial charge is 0.414 e. The van der Waals surface area contributed by atoms with E-state index < -0.39 is 11.9 Å². The molecule has 1 aromatic carbocycles. The van der Waals surface area contributed by atoms with Gasteiger partial charge in [0.05, 0.1) is 0 Å². The van der Waals surface area contributed by atoms with E-state index in [4.69, 9.17) is 36.1 Å². The third-order valence-corrected chi connectivity index (χ3v) is 2.60. The van der Waals surface area contributed by atoms with Gasteiger partial charge in [-0.1, -0.05) is 17.7 Å². The molecular formula is C15H20ClNO5. The number of ether oxygens (including phenoxy) is 1. The normalized spacial score (nSPS) is 9.64. The van der Waals surface area contributed by atoms with Gasteiger partial charge < -0.3 is 19.8 Å². The number of aliphatic carboxylic acids is 2. The molecule has 0 bridgehead atoms. The Morgan fingerprint density at radius 3 is 2.36 bits per heavy atom. The van der Waals surface area contributed by atoms with Crippen LogP contribution >= 0.6 is 11.6 Å². The van der Waals surface area contributed by atoms with Gasteiger partial charge in [-0.2, -0.15) is 0 Å². The van der Waals surface area contributed by atoms with Crippen LogP contribution in [0.15, 0.2) is 30.9 Å². The second-order valence-corrected chi connectivity index (χ2v) is 4.94. The Kier molecular flexibility index (Phi) is 9.65. The minimum atomic E-state index is -1.82. The summed E-state index contributed by atoms with van der Waals surface area (Å²) in [6.07, 6.45) is 2.63. The van der Waals surface area contributed by atoms with Crippen LogP contribution in [0.3, 0.4) is 0 Å². The lowest BCUT2D eigenvalue weighted by Crippen LogP contribution is -2.19. The van der Waals surface area contributed by atoms with Crippen molar-refractivity contribution < 1.29 is 24.5 Å². The summed E-state index contributed by atoms with van der Waals surface area (Å²) in [4.78, 5) is 20.3. The lowest BCUT2D eigenvalue weighted by atomic mass is 10.1. The molecule has 0 aliphatic heterocycles. The molecule has 2 N–H and O–H groups in total. The van der Waals surface area contributed by atoms with Crippen molar-refractivity contribution in [3.8, 4) is 5.75 Å². The van der Waals surface area contributed by atoms with Crippen molar-refractivity contribution in [3.63, 3.8) is 0 Å². The molecule has 6 nitrogen and oxygen atoms in total. The Balaban J connectivity index is 0.000000626. The summed E-state index contributed by atoms with van der Waals surface area (Å²) in [5.41, 5.74) is 1.08. The summed E-state index contributed by atoms with van der Waals surface area (Å²) in [6.45, 7) is 5.31. The number of hydrogen-bond donors (Lipinski definition) is 2. The molecule has 0 saturated carbocycles. The first kappa shape index (κ1) is 19.9. The maximum Gasteiger partial charge on any atom is 0.414 e. The van der Waals surface area contributed by atoms with E-state index in [1.54, 1.807) is 0 Å². The first-order valence-corrected chi connectivity index (χ1v) is 6.78. The number of benzene rings is 1. The molecule has 7 heteroatoms. The standard InChI is InChI=1S/C13H18ClNO.C2H2O4/c1-4-5-11-10-12(14)6-7-13(11)16-9-8-15(2)3;3-1(4)2(5)6/h4,6-7,10H,1,5,8-9H2,2-3H3;(H,3,4)(H,5,6). The quantitative estimate of drug-likeness (QED) is 0.614. The van der Waals surface area contributed by atoms with E-state index >= 15 is 0 Å². The molecule has 0 radical (unpaired) electrons. The Hall–Kier alpha value is -2.05. The molecule has 0 saturated heterocycles. The average Bonchev–Trinajstić information content (AvgIpc) is 2.42. The van der Waals surface area contributed by atoms with Crippen LogP contribution in [0, 0.1) is 0 Å². The topological polar surface area (TPSA) is 87.1 Å². The van der Waals surface area contributed by atoms with Gasteiger partial charge in [0.1, 0.15) is 12.4 Å². The lowest BCUT2D eigenvalue weighted by Gasteiger charge is -2.13. The zero-order valence-electron chi connectivity index (χ0n) is 12.6. The molecule has 1 aromatic rings. The van der Waals surface area contributed by atoms with Crippen molar-refractivity contribution >= 4 is 23.5 Å². The number of carboxylic acid groups (broad SMARTS) is 2. The minimum Gasteiger partial charge on any atom is -0.492 e. The summed E-state index contributed by atoms with van der Waals surface area (Å²) >= 11 is 5.94. The Morgan fingerprint density at radius 2 is 1.91 bits per heavy atom. The predicted octanol–water partition coefficient (Wildman–Crippen LogP) is 2.16. The predicted molar refractivity (Wildman–Crippen MR) is 84.7 cm³/mol. The molecule has 0 unspecified atom stereocenters. The summed E-state index contributed by atoms with van der Waals surface area (Å²) in [5, 5.41) is 15.5. The van der Waals surface area contributed by atoms with Crippen LogP contribution in [-0.2, 0) is 16.0 Å². The molecule has 122 valence electrons. The van der Waals surface area contributed by atoms with Crippen molar-refractivity contribution in [2.24, 2.45) is 0 Å². The van der Waals surface area contributed by atoms with E-state index in [-0.39, 0.29) is 0 Å². The van der Waals surface area contributed by atoms with Gasteiger partial charge >= 0.3 is 11.9 Å². The fraction of sp³-hybridized carbons (Fsp3) is 0.333. The van der Waals surface area contributed by atoms with Gasteiger partial charge in [-0.05, 0) is 44.3 Å². The zero-order chi connectivity index (χ0) is 17.1. The highest BCUT2D eigenvalue weighted by atomic mass is 35.5. The molecule has 0 aromatic heterocycles. The van der Waals surface area contributed by atoms with E-state index in [1.807, 2.05) is 38.4 Å². The molecule has 0 atom stereocenters.